The van der Waals surface area contributed by atoms with Crippen LogP contribution in [0.15, 0.2) is 60.8 Å². The van der Waals surface area contributed by atoms with Gasteiger partial charge in [0.1, 0.15) is 12.6 Å². The van der Waals surface area contributed by atoms with E-state index in [9.17, 15) is 9.59 Å². The van der Waals surface area contributed by atoms with Crippen LogP contribution in [0.2, 0.25) is 0 Å². The molecule has 1 saturated heterocycles. The number of nitrogens with zero attached hydrogens (tertiary/aromatic N) is 2. The Kier molecular flexibility index (Phi) is 6.34. The second kappa shape index (κ2) is 9.32. The van der Waals surface area contributed by atoms with E-state index in [1.54, 1.807) is 0 Å². The number of anilines is 1. The molecule has 0 bridgehead atoms. The van der Waals surface area contributed by atoms with Crippen LogP contribution in [0, 0.1) is 0 Å². The highest BCUT2D eigenvalue weighted by atomic mass is 16.2. The van der Waals surface area contributed by atoms with Crippen molar-refractivity contribution < 1.29 is 9.59 Å². The van der Waals surface area contributed by atoms with Crippen molar-refractivity contribution in [2.24, 2.45) is 0 Å². The lowest BCUT2D eigenvalue weighted by Crippen LogP contribution is -2.39. The van der Waals surface area contributed by atoms with Crippen molar-refractivity contribution in [2.45, 2.75) is 38.9 Å². The molecule has 2 amide bonds. The summed E-state index contributed by atoms with van der Waals surface area (Å²) >= 11 is 0. The molecule has 7 nitrogen and oxygen atoms in total. The standard InChI is InChI=1S/C24H29N5O2/c1-3-28(4-2)23(30)16-29-13-12-18-14-19(10-11-22(18)29)25-24(31)21-15-20(26-27-21)17-8-6-5-7-9-17/h5-14,20-21,26-27H,3-4,15-16H2,1-2H3,(H,25,31). The molecule has 2 atom stereocenters. The van der Waals surface area contributed by atoms with Gasteiger partial charge >= 0.3 is 0 Å². The first-order valence-electron chi connectivity index (χ1n) is 10.8. The first-order chi connectivity index (χ1) is 15.1. The summed E-state index contributed by atoms with van der Waals surface area (Å²) in [5.74, 6) is 0.0362. The number of carbonyl (C=O) groups is 2. The molecule has 0 spiro atoms. The number of hydrogen-bond acceptors (Lipinski definition) is 4. The summed E-state index contributed by atoms with van der Waals surface area (Å²) in [6.45, 7) is 5.71. The number of amides is 2. The van der Waals surface area contributed by atoms with Gasteiger partial charge in [0.25, 0.3) is 0 Å². The maximum absolute atomic E-state index is 12.8. The molecule has 0 aliphatic carbocycles. The fourth-order valence-electron chi connectivity index (χ4n) is 4.10. The number of hydrazine groups is 1. The Morgan fingerprint density at radius 1 is 1.06 bits per heavy atom. The number of carbonyl (C=O) groups excluding carboxylic acids is 2. The topological polar surface area (TPSA) is 78.4 Å². The van der Waals surface area contributed by atoms with Gasteiger partial charge in [0.05, 0.1) is 0 Å². The summed E-state index contributed by atoms with van der Waals surface area (Å²) in [5, 5.41) is 4.00. The first-order valence-corrected chi connectivity index (χ1v) is 10.8. The molecule has 0 radical (unpaired) electrons. The number of aromatic nitrogens is 1. The zero-order valence-corrected chi connectivity index (χ0v) is 18.0. The maximum Gasteiger partial charge on any atom is 0.242 e. The highest BCUT2D eigenvalue weighted by Gasteiger charge is 2.30. The molecule has 2 unspecified atom stereocenters. The van der Waals surface area contributed by atoms with Gasteiger partial charge in [-0.2, -0.15) is 0 Å². The summed E-state index contributed by atoms with van der Waals surface area (Å²) in [4.78, 5) is 27.0. The highest BCUT2D eigenvalue weighted by molar-refractivity contribution is 5.97. The van der Waals surface area contributed by atoms with Crippen LogP contribution in [0.4, 0.5) is 5.69 Å². The molecule has 1 aliphatic rings. The molecular formula is C24H29N5O2. The summed E-state index contributed by atoms with van der Waals surface area (Å²) < 4.78 is 1.95. The third kappa shape index (κ3) is 4.62. The maximum atomic E-state index is 12.8. The minimum atomic E-state index is -0.308. The molecular weight excluding hydrogens is 390 g/mol. The minimum Gasteiger partial charge on any atom is -0.342 e. The Balaban J connectivity index is 1.40. The fourth-order valence-corrected chi connectivity index (χ4v) is 4.10. The zero-order valence-electron chi connectivity index (χ0n) is 18.0. The Bertz CT molecular complexity index is 1060. The molecule has 3 aromatic rings. The van der Waals surface area contributed by atoms with E-state index in [4.69, 9.17) is 0 Å². The molecule has 2 aromatic carbocycles. The second-order valence-electron chi connectivity index (χ2n) is 7.81. The zero-order chi connectivity index (χ0) is 21.8. The average molecular weight is 420 g/mol. The molecule has 0 saturated carbocycles. The SMILES string of the molecule is CCN(CC)C(=O)Cn1ccc2cc(NC(=O)C3CC(c4ccccc4)NN3)ccc21. The third-order valence-corrected chi connectivity index (χ3v) is 5.88. The van der Waals surface area contributed by atoms with E-state index in [0.29, 0.717) is 26.1 Å². The number of nitrogens with one attached hydrogen (secondary N) is 3. The van der Waals surface area contributed by atoms with Crippen LogP contribution in [0.3, 0.4) is 0 Å². The van der Waals surface area contributed by atoms with Crippen LogP contribution in [-0.4, -0.2) is 40.4 Å². The van der Waals surface area contributed by atoms with Crippen molar-refractivity contribution in [3.05, 3.63) is 66.4 Å². The second-order valence-corrected chi connectivity index (χ2v) is 7.81. The van der Waals surface area contributed by atoms with Crippen molar-refractivity contribution in [1.29, 1.82) is 0 Å². The van der Waals surface area contributed by atoms with Gasteiger partial charge in [0.2, 0.25) is 11.8 Å². The normalized spacial score (nSPS) is 18.3. The molecule has 3 N–H and O–H groups in total. The molecule has 4 rings (SSSR count). The van der Waals surface area contributed by atoms with Gasteiger partial charge < -0.3 is 14.8 Å². The van der Waals surface area contributed by atoms with E-state index < -0.39 is 0 Å². The quantitative estimate of drug-likeness (QED) is 0.550. The lowest BCUT2D eigenvalue weighted by Gasteiger charge is -2.19. The number of benzene rings is 2. The highest BCUT2D eigenvalue weighted by Crippen LogP contribution is 2.24. The monoisotopic (exact) mass is 419 g/mol. The Morgan fingerprint density at radius 3 is 2.58 bits per heavy atom. The predicted octanol–water partition coefficient (Wildman–Crippen LogP) is 3.06. The van der Waals surface area contributed by atoms with Crippen LogP contribution in [0.25, 0.3) is 10.9 Å². The van der Waals surface area contributed by atoms with Gasteiger partial charge in [-0.25, -0.2) is 10.9 Å². The van der Waals surface area contributed by atoms with Crippen molar-refractivity contribution in [2.75, 3.05) is 18.4 Å². The fraction of sp³-hybridized carbons (Fsp3) is 0.333. The molecule has 162 valence electrons. The summed E-state index contributed by atoms with van der Waals surface area (Å²) in [6.07, 6.45) is 2.60. The lowest BCUT2D eigenvalue weighted by molar-refractivity contribution is -0.131. The summed E-state index contributed by atoms with van der Waals surface area (Å²) in [6, 6.07) is 17.7. The van der Waals surface area contributed by atoms with Gasteiger partial charge in [-0.15, -0.1) is 0 Å². The van der Waals surface area contributed by atoms with E-state index >= 15 is 0 Å². The van der Waals surface area contributed by atoms with Crippen molar-refractivity contribution in [3.8, 4) is 0 Å². The number of rotatable bonds is 7. The molecule has 31 heavy (non-hydrogen) atoms. The molecule has 2 heterocycles. The van der Waals surface area contributed by atoms with E-state index in [1.165, 1.54) is 0 Å². The van der Waals surface area contributed by atoms with E-state index in [2.05, 4.69) is 28.3 Å². The first kappa shape index (κ1) is 21.1. The third-order valence-electron chi connectivity index (χ3n) is 5.88. The van der Waals surface area contributed by atoms with Crippen LogP contribution in [-0.2, 0) is 16.1 Å². The van der Waals surface area contributed by atoms with Crippen molar-refractivity contribution >= 4 is 28.4 Å². The number of likely N-dealkylation sites (N-methyl/N-ethyl adjacent to an activating group) is 1. The van der Waals surface area contributed by atoms with Gasteiger partial charge in [-0.05, 0) is 50.1 Å². The van der Waals surface area contributed by atoms with Crippen LogP contribution < -0.4 is 16.2 Å². The largest absolute Gasteiger partial charge is 0.342 e. The van der Waals surface area contributed by atoms with E-state index in [1.807, 2.05) is 72.0 Å². The van der Waals surface area contributed by atoms with Crippen LogP contribution >= 0.6 is 0 Å². The van der Waals surface area contributed by atoms with E-state index in [0.717, 1.165) is 22.2 Å². The summed E-state index contributed by atoms with van der Waals surface area (Å²) in [5.41, 5.74) is 9.19. The summed E-state index contributed by atoms with van der Waals surface area (Å²) in [7, 11) is 0. The minimum absolute atomic E-state index is 0.0681. The molecule has 7 heteroatoms. The molecule has 1 fully saturated rings. The Hall–Kier alpha value is -3.16. The van der Waals surface area contributed by atoms with E-state index in [-0.39, 0.29) is 23.9 Å². The van der Waals surface area contributed by atoms with Crippen LogP contribution in [0.5, 0.6) is 0 Å². The van der Waals surface area contributed by atoms with Crippen molar-refractivity contribution in [1.82, 2.24) is 20.3 Å². The van der Waals surface area contributed by atoms with Crippen molar-refractivity contribution in [3.63, 3.8) is 0 Å². The van der Waals surface area contributed by atoms with Crippen LogP contribution in [0.1, 0.15) is 31.9 Å². The number of fused-ring (bicyclic) bond motifs is 1. The smallest absolute Gasteiger partial charge is 0.242 e. The van der Waals surface area contributed by atoms with Gasteiger partial charge in [0, 0.05) is 41.9 Å². The Morgan fingerprint density at radius 2 is 1.84 bits per heavy atom. The molecule has 1 aliphatic heterocycles. The average Bonchev–Trinajstić information content (AvgIpc) is 3.43. The lowest BCUT2D eigenvalue weighted by atomic mass is 10.0. The van der Waals surface area contributed by atoms with Gasteiger partial charge in [-0.1, -0.05) is 30.3 Å². The van der Waals surface area contributed by atoms with Gasteiger partial charge in [-0.3, -0.25) is 9.59 Å². The Labute approximate surface area is 182 Å². The number of hydrogen-bond donors (Lipinski definition) is 3. The molecule has 1 aromatic heterocycles. The predicted molar refractivity (Wildman–Crippen MR) is 122 cm³/mol. The van der Waals surface area contributed by atoms with Gasteiger partial charge in [0.15, 0.2) is 0 Å².